The van der Waals surface area contributed by atoms with Gasteiger partial charge in [-0.25, -0.2) is 0 Å². The monoisotopic (exact) mass is 260 g/mol. The molecule has 0 aliphatic heterocycles. The van der Waals surface area contributed by atoms with Gasteiger partial charge in [-0.15, -0.1) is 13.2 Å². The molecule has 74 valence electrons. The lowest BCUT2D eigenvalue weighted by Gasteiger charge is -2.29. The number of hydrogen-bond acceptors (Lipinski definition) is 1. The van der Waals surface area contributed by atoms with Crippen LogP contribution < -0.4 is 0 Å². The molecule has 13 heavy (non-hydrogen) atoms. The van der Waals surface area contributed by atoms with Crippen LogP contribution in [-0.2, 0) is 4.79 Å². The van der Waals surface area contributed by atoms with Crippen molar-refractivity contribution < 1.29 is 4.79 Å². The molecule has 0 unspecified atom stereocenters. The van der Waals surface area contributed by atoms with E-state index in [4.69, 9.17) is 46.4 Å². The third kappa shape index (κ3) is 3.17. The average Bonchev–Trinajstić information content (AvgIpc) is 2.05. The molecule has 0 N–H and O–H groups in total. The standard InChI is InChI=1S/C8H8Cl4O/c1-3-7(9,10)6(5-13)8(11,12)4-2/h3-6H,1-2H2. The molecule has 0 saturated carbocycles. The smallest absolute Gasteiger partial charge is 0.148 e. The minimum atomic E-state index is -1.50. The lowest BCUT2D eigenvalue weighted by Crippen LogP contribution is -2.37. The van der Waals surface area contributed by atoms with Crippen LogP contribution in [0.15, 0.2) is 25.3 Å². The number of rotatable bonds is 5. The number of alkyl halides is 4. The third-order valence-corrected chi connectivity index (χ3v) is 3.07. The van der Waals surface area contributed by atoms with Crippen LogP contribution in [0.4, 0.5) is 0 Å². The Morgan fingerprint density at radius 2 is 1.31 bits per heavy atom. The maximum atomic E-state index is 10.7. The Labute approximate surface area is 97.3 Å². The summed E-state index contributed by atoms with van der Waals surface area (Å²) in [7, 11) is 0. The second kappa shape index (κ2) is 4.70. The summed E-state index contributed by atoms with van der Waals surface area (Å²) >= 11 is 23.0. The van der Waals surface area contributed by atoms with E-state index in [1.54, 1.807) is 0 Å². The minimum Gasteiger partial charge on any atom is -0.303 e. The van der Waals surface area contributed by atoms with Gasteiger partial charge in [-0.3, -0.25) is 0 Å². The summed E-state index contributed by atoms with van der Waals surface area (Å²) in [5.74, 6) is -1.01. The topological polar surface area (TPSA) is 17.1 Å². The third-order valence-electron chi connectivity index (χ3n) is 1.51. The summed E-state index contributed by atoms with van der Waals surface area (Å²) in [5.41, 5.74) is 0. The van der Waals surface area contributed by atoms with E-state index in [9.17, 15) is 4.79 Å². The van der Waals surface area contributed by atoms with Crippen LogP contribution in [0.25, 0.3) is 0 Å². The fourth-order valence-corrected chi connectivity index (χ4v) is 1.81. The van der Waals surface area contributed by atoms with E-state index in [-0.39, 0.29) is 0 Å². The van der Waals surface area contributed by atoms with Gasteiger partial charge >= 0.3 is 0 Å². The van der Waals surface area contributed by atoms with Gasteiger partial charge in [-0.2, -0.15) is 0 Å². The van der Waals surface area contributed by atoms with Gasteiger partial charge in [0.1, 0.15) is 15.0 Å². The highest BCUT2D eigenvalue weighted by molar-refractivity contribution is 6.55. The van der Waals surface area contributed by atoms with Crippen molar-refractivity contribution >= 4 is 52.7 Å². The molecular weight excluding hydrogens is 254 g/mol. The van der Waals surface area contributed by atoms with E-state index >= 15 is 0 Å². The number of hydrogen-bond donors (Lipinski definition) is 0. The summed E-state index contributed by atoms with van der Waals surface area (Å²) in [6.45, 7) is 6.75. The SMILES string of the molecule is C=CC(Cl)(Cl)C(C=O)C(Cl)(Cl)C=C. The van der Waals surface area contributed by atoms with E-state index in [0.717, 1.165) is 0 Å². The Balaban J connectivity index is 5.01. The molecule has 0 aliphatic rings. The van der Waals surface area contributed by atoms with E-state index in [2.05, 4.69) is 13.2 Å². The minimum absolute atomic E-state index is 0.476. The van der Waals surface area contributed by atoms with Gasteiger partial charge in [0, 0.05) is 0 Å². The lowest BCUT2D eigenvalue weighted by atomic mass is 10.0. The van der Waals surface area contributed by atoms with Crippen LogP contribution >= 0.6 is 46.4 Å². The Morgan fingerprint density at radius 3 is 1.46 bits per heavy atom. The fourth-order valence-electron chi connectivity index (χ4n) is 0.692. The van der Waals surface area contributed by atoms with Gasteiger partial charge in [0.05, 0.1) is 5.92 Å². The Morgan fingerprint density at radius 1 is 1.00 bits per heavy atom. The second-order valence-electron chi connectivity index (χ2n) is 2.37. The molecule has 0 fully saturated rings. The maximum Gasteiger partial charge on any atom is 0.148 e. The first kappa shape index (κ1) is 13.3. The van der Waals surface area contributed by atoms with Gasteiger partial charge in [-0.1, -0.05) is 58.6 Å². The number of allylic oxidation sites excluding steroid dienone is 2. The van der Waals surface area contributed by atoms with Gasteiger partial charge in [0.15, 0.2) is 0 Å². The van der Waals surface area contributed by atoms with Crippen LogP contribution in [0.2, 0.25) is 0 Å². The molecule has 0 rings (SSSR count). The van der Waals surface area contributed by atoms with Crippen LogP contribution in [-0.4, -0.2) is 15.0 Å². The molecule has 0 aromatic carbocycles. The molecule has 0 heterocycles. The Kier molecular flexibility index (Phi) is 4.81. The van der Waals surface area contributed by atoms with Crippen LogP contribution in [0.5, 0.6) is 0 Å². The van der Waals surface area contributed by atoms with Crippen LogP contribution in [0.3, 0.4) is 0 Å². The first-order valence-corrected chi connectivity index (χ1v) is 4.81. The maximum absolute atomic E-state index is 10.7. The summed E-state index contributed by atoms with van der Waals surface area (Å²) in [5, 5.41) is 0. The van der Waals surface area contributed by atoms with Crippen LogP contribution in [0.1, 0.15) is 0 Å². The molecule has 0 aliphatic carbocycles. The zero-order chi connectivity index (χ0) is 10.7. The van der Waals surface area contributed by atoms with Gasteiger partial charge in [0.2, 0.25) is 0 Å². The predicted octanol–water partition coefficient (Wildman–Crippen LogP) is 3.52. The van der Waals surface area contributed by atoms with Gasteiger partial charge in [0.25, 0.3) is 0 Å². The molecule has 0 amide bonds. The van der Waals surface area contributed by atoms with Gasteiger partial charge < -0.3 is 4.79 Å². The highest BCUT2D eigenvalue weighted by atomic mass is 35.5. The van der Waals surface area contributed by atoms with Crippen LogP contribution in [0, 0.1) is 5.92 Å². The summed E-state index contributed by atoms with van der Waals surface area (Å²) in [4.78, 5) is 10.7. The molecule has 1 nitrogen and oxygen atoms in total. The van der Waals surface area contributed by atoms with Crippen molar-refractivity contribution in [2.75, 3.05) is 0 Å². The van der Waals surface area contributed by atoms with Crippen molar-refractivity contribution in [1.82, 2.24) is 0 Å². The van der Waals surface area contributed by atoms with E-state index in [1.165, 1.54) is 12.2 Å². The van der Waals surface area contributed by atoms with Crippen molar-refractivity contribution in [3.8, 4) is 0 Å². The largest absolute Gasteiger partial charge is 0.303 e. The van der Waals surface area contributed by atoms with Gasteiger partial charge in [-0.05, 0) is 0 Å². The van der Waals surface area contributed by atoms with E-state index in [1.807, 2.05) is 0 Å². The highest BCUT2D eigenvalue weighted by Gasteiger charge is 2.44. The normalized spacial score (nSPS) is 12.7. The number of carbonyl (C=O) groups is 1. The number of halogens is 4. The molecule has 0 aromatic heterocycles. The predicted molar refractivity (Wildman–Crippen MR) is 58.8 cm³/mol. The Hall–Kier alpha value is 0.310. The molecule has 0 aromatic rings. The zero-order valence-electron chi connectivity index (χ0n) is 6.64. The second-order valence-corrected chi connectivity index (χ2v) is 5.26. The van der Waals surface area contributed by atoms with Crippen molar-refractivity contribution in [2.45, 2.75) is 8.67 Å². The number of aldehydes is 1. The molecule has 0 radical (unpaired) electrons. The highest BCUT2D eigenvalue weighted by Crippen LogP contribution is 2.43. The first-order chi connectivity index (χ1) is 5.81. The molecule has 0 spiro atoms. The quantitative estimate of drug-likeness (QED) is 0.421. The molecule has 0 bridgehead atoms. The molecule has 5 heteroatoms. The Bertz CT molecular complexity index is 202. The number of carbonyl (C=O) groups excluding carboxylic acids is 1. The summed E-state index contributed by atoms with van der Waals surface area (Å²) in [6, 6.07) is 0. The van der Waals surface area contributed by atoms with Crippen molar-refractivity contribution in [2.24, 2.45) is 5.92 Å². The van der Waals surface area contributed by atoms with E-state index in [0.29, 0.717) is 6.29 Å². The lowest BCUT2D eigenvalue weighted by molar-refractivity contribution is -0.111. The molecular formula is C8H8Cl4O. The van der Waals surface area contributed by atoms with Crippen molar-refractivity contribution in [1.29, 1.82) is 0 Å². The molecule has 0 saturated heterocycles. The van der Waals surface area contributed by atoms with Crippen molar-refractivity contribution in [3.05, 3.63) is 25.3 Å². The zero-order valence-corrected chi connectivity index (χ0v) is 9.67. The fraction of sp³-hybridized carbons (Fsp3) is 0.375. The summed E-state index contributed by atoms with van der Waals surface area (Å²) < 4.78 is -3.00. The van der Waals surface area contributed by atoms with Crippen molar-refractivity contribution in [3.63, 3.8) is 0 Å². The molecule has 0 atom stereocenters. The van der Waals surface area contributed by atoms with E-state index < -0.39 is 14.6 Å². The summed E-state index contributed by atoms with van der Waals surface area (Å²) in [6.07, 6.45) is 2.86. The first-order valence-electron chi connectivity index (χ1n) is 3.30. The average molecular weight is 262 g/mol.